The number of nitrogens with zero attached hydrogens (tertiary/aromatic N) is 2. The van der Waals surface area contributed by atoms with Gasteiger partial charge in [0.2, 0.25) is 0 Å². The molecular formula is C11H17BrN2O. The van der Waals surface area contributed by atoms with E-state index in [1.807, 2.05) is 13.8 Å². The molecule has 0 amide bonds. The number of rotatable bonds is 3. The molecule has 0 bridgehead atoms. The fraction of sp³-hybridized carbons (Fsp3) is 0.636. The standard InChI is InChI=1S/C11H17BrN2O/c1-8-5-10(15)14(9(2)13-8)7-11(3,4)6-12/h5H,6-7H2,1-4H3. The summed E-state index contributed by atoms with van der Waals surface area (Å²) in [4.78, 5) is 16.1. The van der Waals surface area contributed by atoms with Crippen LogP contribution in [-0.4, -0.2) is 14.9 Å². The molecule has 3 nitrogen and oxygen atoms in total. The third kappa shape index (κ3) is 3.16. The lowest BCUT2D eigenvalue weighted by Crippen LogP contribution is -2.31. The van der Waals surface area contributed by atoms with Gasteiger partial charge in [0.25, 0.3) is 5.56 Å². The lowest BCUT2D eigenvalue weighted by Gasteiger charge is -2.23. The Bertz CT molecular complexity index is 410. The van der Waals surface area contributed by atoms with Gasteiger partial charge in [-0.3, -0.25) is 9.36 Å². The van der Waals surface area contributed by atoms with E-state index in [1.54, 1.807) is 10.6 Å². The molecule has 15 heavy (non-hydrogen) atoms. The van der Waals surface area contributed by atoms with Gasteiger partial charge < -0.3 is 0 Å². The second kappa shape index (κ2) is 4.47. The number of hydrogen-bond acceptors (Lipinski definition) is 2. The van der Waals surface area contributed by atoms with E-state index in [0.717, 1.165) is 16.8 Å². The minimum absolute atomic E-state index is 0.0361. The molecule has 0 aromatic carbocycles. The lowest BCUT2D eigenvalue weighted by molar-refractivity contribution is 0.342. The summed E-state index contributed by atoms with van der Waals surface area (Å²) in [5.41, 5.74) is 0.880. The lowest BCUT2D eigenvalue weighted by atomic mass is 9.96. The molecule has 0 aliphatic heterocycles. The van der Waals surface area contributed by atoms with Crippen LogP contribution in [0.25, 0.3) is 0 Å². The molecule has 1 rings (SSSR count). The fourth-order valence-corrected chi connectivity index (χ4v) is 1.60. The first-order chi connectivity index (χ1) is 6.85. The highest BCUT2D eigenvalue weighted by molar-refractivity contribution is 9.09. The summed E-state index contributed by atoms with van der Waals surface area (Å²) in [7, 11) is 0. The van der Waals surface area contributed by atoms with Crippen LogP contribution in [0.3, 0.4) is 0 Å². The van der Waals surface area contributed by atoms with E-state index in [2.05, 4.69) is 34.8 Å². The normalized spacial score (nSPS) is 11.8. The molecule has 84 valence electrons. The third-order valence-electron chi connectivity index (χ3n) is 2.28. The maximum Gasteiger partial charge on any atom is 0.253 e. The van der Waals surface area contributed by atoms with Crippen molar-refractivity contribution in [2.24, 2.45) is 5.41 Å². The minimum atomic E-state index is 0.0361. The van der Waals surface area contributed by atoms with Gasteiger partial charge in [0.15, 0.2) is 0 Å². The number of alkyl halides is 1. The molecular weight excluding hydrogens is 256 g/mol. The zero-order valence-corrected chi connectivity index (χ0v) is 11.3. The van der Waals surface area contributed by atoms with E-state index in [-0.39, 0.29) is 11.0 Å². The molecule has 0 aliphatic rings. The maximum atomic E-state index is 11.8. The monoisotopic (exact) mass is 272 g/mol. The van der Waals surface area contributed by atoms with Crippen molar-refractivity contribution in [1.82, 2.24) is 9.55 Å². The van der Waals surface area contributed by atoms with Crippen molar-refractivity contribution in [2.45, 2.75) is 34.2 Å². The SMILES string of the molecule is Cc1cc(=O)n(CC(C)(C)CBr)c(C)n1. The zero-order valence-electron chi connectivity index (χ0n) is 9.67. The molecule has 0 saturated heterocycles. The van der Waals surface area contributed by atoms with Gasteiger partial charge in [0.1, 0.15) is 5.82 Å². The summed E-state index contributed by atoms with van der Waals surface area (Å²) in [6.07, 6.45) is 0. The van der Waals surface area contributed by atoms with Crippen molar-refractivity contribution in [3.05, 3.63) is 27.9 Å². The predicted octanol–water partition coefficient (Wildman–Crippen LogP) is 2.28. The van der Waals surface area contributed by atoms with E-state index in [9.17, 15) is 4.79 Å². The van der Waals surface area contributed by atoms with Gasteiger partial charge >= 0.3 is 0 Å². The van der Waals surface area contributed by atoms with Crippen LogP contribution in [-0.2, 0) is 6.54 Å². The minimum Gasteiger partial charge on any atom is -0.296 e. The highest BCUT2D eigenvalue weighted by atomic mass is 79.9. The number of hydrogen-bond donors (Lipinski definition) is 0. The second-order valence-corrected chi connectivity index (χ2v) is 5.23. The van der Waals surface area contributed by atoms with Crippen molar-refractivity contribution in [3.8, 4) is 0 Å². The van der Waals surface area contributed by atoms with Gasteiger partial charge in [-0.25, -0.2) is 4.98 Å². The van der Waals surface area contributed by atoms with Gasteiger partial charge in [0.05, 0.1) is 0 Å². The van der Waals surface area contributed by atoms with Crippen molar-refractivity contribution < 1.29 is 0 Å². The van der Waals surface area contributed by atoms with Gasteiger partial charge in [-0.05, 0) is 19.3 Å². The number of aromatic nitrogens is 2. The van der Waals surface area contributed by atoms with Crippen molar-refractivity contribution >= 4 is 15.9 Å². The second-order valence-electron chi connectivity index (χ2n) is 4.67. The van der Waals surface area contributed by atoms with Crippen LogP contribution in [0.2, 0.25) is 0 Å². The molecule has 0 radical (unpaired) electrons. The first-order valence-electron chi connectivity index (χ1n) is 4.97. The van der Waals surface area contributed by atoms with Crippen LogP contribution in [0, 0.1) is 19.3 Å². The van der Waals surface area contributed by atoms with Crippen LogP contribution in [0.4, 0.5) is 0 Å². The summed E-state index contributed by atoms with van der Waals surface area (Å²) in [6, 6.07) is 1.58. The molecule has 0 saturated carbocycles. The Kier molecular flexibility index (Phi) is 3.71. The molecule has 0 atom stereocenters. The van der Waals surface area contributed by atoms with Crippen molar-refractivity contribution in [2.75, 3.05) is 5.33 Å². The van der Waals surface area contributed by atoms with E-state index < -0.39 is 0 Å². The van der Waals surface area contributed by atoms with Crippen molar-refractivity contribution in [1.29, 1.82) is 0 Å². The Labute approximate surface area is 98.7 Å². The van der Waals surface area contributed by atoms with E-state index >= 15 is 0 Å². The molecule has 0 unspecified atom stereocenters. The molecule has 1 heterocycles. The largest absolute Gasteiger partial charge is 0.296 e. The quantitative estimate of drug-likeness (QED) is 0.792. The summed E-state index contributed by atoms with van der Waals surface area (Å²) in [5, 5.41) is 0.861. The van der Waals surface area contributed by atoms with Gasteiger partial charge in [-0.2, -0.15) is 0 Å². The van der Waals surface area contributed by atoms with Gasteiger partial charge in [-0.1, -0.05) is 29.8 Å². The van der Waals surface area contributed by atoms with Crippen molar-refractivity contribution in [3.63, 3.8) is 0 Å². The summed E-state index contributed by atoms with van der Waals surface area (Å²) >= 11 is 3.46. The molecule has 1 aromatic rings. The Morgan fingerprint density at radius 2 is 2.07 bits per heavy atom. The highest BCUT2D eigenvalue weighted by Crippen LogP contribution is 2.20. The van der Waals surface area contributed by atoms with E-state index in [0.29, 0.717) is 6.54 Å². The average molecular weight is 273 g/mol. The van der Waals surface area contributed by atoms with Crippen LogP contribution >= 0.6 is 15.9 Å². The molecule has 0 N–H and O–H groups in total. The fourth-order valence-electron chi connectivity index (χ4n) is 1.43. The van der Waals surface area contributed by atoms with Gasteiger partial charge in [0, 0.05) is 23.6 Å². The molecule has 4 heteroatoms. The third-order valence-corrected chi connectivity index (χ3v) is 3.79. The first-order valence-corrected chi connectivity index (χ1v) is 6.09. The average Bonchev–Trinajstić information content (AvgIpc) is 2.11. The summed E-state index contributed by atoms with van der Waals surface area (Å²) < 4.78 is 1.73. The topological polar surface area (TPSA) is 34.9 Å². The van der Waals surface area contributed by atoms with Gasteiger partial charge in [-0.15, -0.1) is 0 Å². The molecule has 1 aromatic heterocycles. The Morgan fingerprint density at radius 3 is 2.53 bits per heavy atom. The summed E-state index contributed by atoms with van der Waals surface area (Å²) in [6.45, 7) is 8.64. The highest BCUT2D eigenvalue weighted by Gasteiger charge is 2.18. The van der Waals surface area contributed by atoms with Crippen LogP contribution in [0.1, 0.15) is 25.4 Å². The zero-order chi connectivity index (χ0) is 11.6. The number of halogens is 1. The first kappa shape index (κ1) is 12.4. The smallest absolute Gasteiger partial charge is 0.253 e. The molecule has 0 spiro atoms. The molecule has 0 fully saturated rings. The maximum absolute atomic E-state index is 11.8. The number of aryl methyl sites for hydroxylation is 2. The van der Waals surface area contributed by atoms with E-state index in [1.165, 1.54) is 0 Å². The summed E-state index contributed by atoms with van der Waals surface area (Å²) in [5.74, 6) is 0.786. The predicted molar refractivity (Wildman–Crippen MR) is 65.5 cm³/mol. The molecule has 0 aliphatic carbocycles. The van der Waals surface area contributed by atoms with Crippen LogP contribution in [0.5, 0.6) is 0 Å². The van der Waals surface area contributed by atoms with Crippen LogP contribution in [0.15, 0.2) is 10.9 Å². The Hall–Kier alpha value is -0.640. The Balaban J connectivity index is 3.11. The van der Waals surface area contributed by atoms with E-state index in [4.69, 9.17) is 0 Å². The van der Waals surface area contributed by atoms with Crippen LogP contribution < -0.4 is 5.56 Å². The Morgan fingerprint density at radius 1 is 1.47 bits per heavy atom.